The molecular weight excluding hydrogens is 434 g/mol. The van der Waals surface area contributed by atoms with Crippen molar-refractivity contribution >= 4 is 46.4 Å². The number of methoxy groups -OCH3 is 1. The lowest BCUT2D eigenvalue weighted by Gasteiger charge is -2.09. The molecular formula is C28H22ClNO3. The maximum Gasteiger partial charge on any atom is 0.338 e. The Morgan fingerprint density at radius 3 is 2.45 bits per heavy atom. The smallest absolute Gasteiger partial charge is 0.338 e. The van der Waals surface area contributed by atoms with Crippen molar-refractivity contribution in [3.05, 3.63) is 112 Å². The molecule has 0 bridgehead atoms. The number of Topliss-reactive ketones (excluding diaryl/α,β-unsaturated/α-hetero) is 1. The Balaban J connectivity index is 1.53. The molecule has 4 nitrogen and oxygen atoms in total. The average Bonchev–Trinajstić information content (AvgIpc) is 2.85. The molecule has 4 aromatic rings. The van der Waals surface area contributed by atoms with E-state index < -0.39 is 5.97 Å². The third-order valence-electron chi connectivity index (χ3n) is 5.41. The fraction of sp³-hybridized carbons (Fsp3) is 0.107. The molecule has 0 radical (unpaired) electrons. The van der Waals surface area contributed by atoms with Crippen molar-refractivity contribution in [3.8, 4) is 0 Å². The van der Waals surface area contributed by atoms with E-state index in [1.54, 1.807) is 12.1 Å². The van der Waals surface area contributed by atoms with Crippen LogP contribution in [-0.2, 0) is 11.2 Å². The summed E-state index contributed by atoms with van der Waals surface area (Å²) in [5, 5.41) is 1.65. The molecule has 0 fully saturated rings. The second-order valence-electron chi connectivity index (χ2n) is 7.57. The Kier molecular flexibility index (Phi) is 6.96. The van der Waals surface area contributed by atoms with Crippen molar-refractivity contribution in [1.29, 1.82) is 0 Å². The van der Waals surface area contributed by atoms with Gasteiger partial charge in [0.2, 0.25) is 0 Å². The summed E-state index contributed by atoms with van der Waals surface area (Å²) in [6.45, 7) is 0. The largest absolute Gasteiger partial charge is 0.465 e. The van der Waals surface area contributed by atoms with Gasteiger partial charge in [-0.25, -0.2) is 9.78 Å². The molecule has 4 rings (SSSR count). The summed E-state index contributed by atoms with van der Waals surface area (Å²) in [5.74, 6) is -0.390. The maximum absolute atomic E-state index is 13.0. The number of carbonyl (C=O) groups is 2. The summed E-state index contributed by atoms with van der Waals surface area (Å²) >= 11 is 6.09. The Morgan fingerprint density at radius 1 is 0.909 bits per heavy atom. The molecule has 1 aromatic heterocycles. The summed E-state index contributed by atoms with van der Waals surface area (Å²) in [4.78, 5) is 29.7. The summed E-state index contributed by atoms with van der Waals surface area (Å²) in [7, 11) is 1.35. The SMILES string of the molecule is COC(=O)c1ccccc1CCC(=O)c1ccccc1C=Cc1ccc2ccc(Cl)cc2n1. The zero-order valence-electron chi connectivity index (χ0n) is 18.1. The molecule has 3 aromatic carbocycles. The lowest BCUT2D eigenvalue weighted by Crippen LogP contribution is -2.08. The quantitative estimate of drug-likeness (QED) is 0.231. The predicted octanol–water partition coefficient (Wildman–Crippen LogP) is 6.66. The number of hydrogen-bond donors (Lipinski definition) is 0. The van der Waals surface area contributed by atoms with Crippen LogP contribution in [0, 0.1) is 0 Å². The highest BCUT2D eigenvalue weighted by molar-refractivity contribution is 6.31. The molecule has 0 atom stereocenters. The van der Waals surface area contributed by atoms with Crippen LogP contribution in [0.25, 0.3) is 23.1 Å². The van der Waals surface area contributed by atoms with E-state index in [4.69, 9.17) is 16.3 Å². The number of benzene rings is 3. The minimum absolute atomic E-state index is 0.00757. The van der Waals surface area contributed by atoms with Gasteiger partial charge in [0.25, 0.3) is 0 Å². The first kappa shape index (κ1) is 22.4. The molecule has 0 N–H and O–H groups in total. The summed E-state index contributed by atoms with van der Waals surface area (Å²) in [5.41, 5.74) is 4.33. The fourth-order valence-electron chi connectivity index (χ4n) is 3.70. The number of carbonyl (C=O) groups excluding carboxylic acids is 2. The van der Waals surface area contributed by atoms with Gasteiger partial charge in [-0.05, 0) is 47.9 Å². The minimum atomic E-state index is -0.398. The van der Waals surface area contributed by atoms with Crippen LogP contribution in [0.5, 0.6) is 0 Å². The fourth-order valence-corrected chi connectivity index (χ4v) is 3.87. The summed E-state index contributed by atoms with van der Waals surface area (Å²) in [6, 6.07) is 24.2. The van der Waals surface area contributed by atoms with Gasteiger partial charge < -0.3 is 4.74 Å². The highest BCUT2D eigenvalue weighted by Gasteiger charge is 2.14. The van der Waals surface area contributed by atoms with Crippen LogP contribution in [0.1, 0.15) is 44.0 Å². The van der Waals surface area contributed by atoms with E-state index in [0.717, 1.165) is 27.7 Å². The second-order valence-corrected chi connectivity index (χ2v) is 8.00. The topological polar surface area (TPSA) is 56.3 Å². The van der Waals surface area contributed by atoms with Crippen LogP contribution in [0.2, 0.25) is 5.02 Å². The number of aromatic nitrogens is 1. The molecule has 1 heterocycles. The Labute approximate surface area is 197 Å². The van der Waals surface area contributed by atoms with Crippen molar-refractivity contribution < 1.29 is 14.3 Å². The first-order valence-electron chi connectivity index (χ1n) is 10.6. The monoisotopic (exact) mass is 455 g/mol. The van der Waals surface area contributed by atoms with Gasteiger partial charge in [-0.3, -0.25) is 4.79 Å². The number of pyridine rings is 1. The van der Waals surface area contributed by atoms with E-state index in [2.05, 4.69) is 4.98 Å². The Morgan fingerprint density at radius 2 is 1.64 bits per heavy atom. The van der Waals surface area contributed by atoms with E-state index >= 15 is 0 Å². The number of halogens is 1. The zero-order chi connectivity index (χ0) is 23.2. The van der Waals surface area contributed by atoms with Crippen LogP contribution in [-0.4, -0.2) is 23.8 Å². The van der Waals surface area contributed by atoms with Crippen molar-refractivity contribution in [2.24, 2.45) is 0 Å². The molecule has 0 unspecified atom stereocenters. The van der Waals surface area contributed by atoms with Crippen LogP contribution < -0.4 is 0 Å². The van der Waals surface area contributed by atoms with Crippen LogP contribution in [0.15, 0.2) is 78.9 Å². The number of fused-ring (bicyclic) bond motifs is 1. The van der Waals surface area contributed by atoms with Crippen LogP contribution in [0.3, 0.4) is 0 Å². The number of hydrogen-bond acceptors (Lipinski definition) is 4. The molecule has 0 spiro atoms. The van der Waals surface area contributed by atoms with Gasteiger partial charge in [0, 0.05) is 22.4 Å². The van der Waals surface area contributed by atoms with Gasteiger partial charge in [-0.15, -0.1) is 0 Å². The molecule has 5 heteroatoms. The highest BCUT2D eigenvalue weighted by Crippen LogP contribution is 2.21. The van der Waals surface area contributed by atoms with Crippen molar-refractivity contribution in [1.82, 2.24) is 4.98 Å². The van der Waals surface area contributed by atoms with E-state index in [1.807, 2.05) is 78.9 Å². The van der Waals surface area contributed by atoms with E-state index in [0.29, 0.717) is 22.6 Å². The standard InChI is InChI=1S/C28H22ClNO3/c1-33-28(32)25-9-5-3-7-20(25)13-17-27(31)24-8-4-2-6-19(24)11-15-23-16-12-21-10-14-22(29)18-26(21)30-23/h2-12,14-16,18H,13,17H2,1H3. The number of aryl methyl sites for hydroxylation is 1. The molecule has 33 heavy (non-hydrogen) atoms. The average molecular weight is 456 g/mol. The molecule has 0 aliphatic rings. The summed E-state index contributed by atoms with van der Waals surface area (Å²) < 4.78 is 4.85. The zero-order valence-corrected chi connectivity index (χ0v) is 18.9. The van der Waals surface area contributed by atoms with Crippen LogP contribution >= 0.6 is 11.6 Å². The van der Waals surface area contributed by atoms with E-state index in [-0.39, 0.29) is 12.2 Å². The molecule has 164 valence electrons. The Bertz CT molecular complexity index is 1360. The summed E-state index contributed by atoms with van der Waals surface area (Å²) in [6.07, 6.45) is 4.52. The second kappa shape index (κ2) is 10.2. The van der Waals surface area contributed by atoms with Crippen LogP contribution in [0.4, 0.5) is 0 Å². The molecule has 0 amide bonds. The van der Waals surface area contributed by atoms with Gasteiger partial charge >= 0.3 is 5.97 Å². The van der Waals surface area contributed by atoms with E-state index in [1.165, 1.54) is 7.11 Å². The lowest BCUT2D eigenvalue weighted by atomic mass is 9.96. The number of nitrogens with zero attached hydrogens (tertiary/aromatic N) is 1. The predicted molar refractivity (Wildman–Crippen MR) is 133 cm³/mol. The molecule has 0 saturated heterocycles. The third kappa shape index (κ3) is 5.36. The number of rotatable bonds is 7. The third-order valence-corrected chi connectivity index (χ3v) is 5.65. The number of ether oxygens (including phenoxy) is 1. The van der Waals surface area contributed by atoms with Gasteiger partial charge in [0.15, 0.2) is 5.78 Å². The molecule has 0 aliphatic heterocycles. The van der Waals surface area contributed by atoms with Crippen molar-refractivity contribution in [2.75, 3.05) is 7.11 Å². The first-order chi connectivity index (χ1) is 16.0. The number of ketones is 1. The van der Waals surface area contributed by atoms with Crippen molar-refractivity contribution in [2.45, 2.75) is 12.8 Å². The van der Waals surface area contributed by atoms with Gasteiger partial charge in [0.1, 0.15) is 0 Å². The van der Waals surface area contributed by atoms with Gasteiger partial charge in [0.05, 0.1) is 23.9 Å². The van der Waals surface area contributed by atoms with E-state index in [9.17, 15) is 9.59 Å². The Hall–Kier alpha value is -3.76. The molecule has 0 aliphatic carbocycles. The number of esters is 1. The maximum atomic E-state index is 13.0. The first-order valence-corrected chi connectivity index (χ1v) is 11.0. The van der Waals surface area contributed by atoms with Gasteiger partial charge in [-0.1, -0.05) is 72.3 Å². The van der Waals surface area contributed by atoms with Gasteiger partial charge in [-0.2, -0.15) is 0 Å². The normalized spacial score (nSPS) is 11.1. The highest BCUT2D eigenvalue weighted by atomic mass is 35.5. The minimum Gasteiger partial charge on any atom is -0.465 e. The lowest BCUT2D eigenvalue weighted by molar-refractivity contribution is 0.0599. The molecule has 0 saturated carbocycles. The van der Waals surface area contributed by atoms with Crippen molar-refractivity contribution in [3.63, 3.8) is 0 Å².